The SMILES string of the molecule is CN1CCc2nc(C(=O)N[C@H]3C[C@@H](C(=O)N(C)C)CC[C@@H]3NC(=O)c3ccccc3)sc2C1. The van der Waals surface area contributed by atoms with Gasteiger partial charge in [-0.3, -0.25) is 14.4 Å². The van der Waals surface area contributed by atoms with Crippen molar-refractivity contribution in [1.82, 2.24) is 25.4 Å². The lowest BCUT2D eigenvalue weighted by molar-refractivity contribution is -0.134. The minimum atomic E-state index is -0.351. The van der Waals surface area contributed by atoms with Crippen LogP contribution in [0.15, 0.2) is 30.3 Å². The van der Waals surface area contributed by atoms with Gasteiger partial charge in [0.2, 0.25) is 5.91 Å². The number of thiazole rings is 1. The summed E-state index contributed by atoms with van der Waals surface area (Å²) in [4.78, 5) is 48.1. The fourth-order valence-corrected chi connectivity index (χ4v) is 5.68. The van der Waals surface area contributed by atoms with E-state index in [1.807, 2.05) is 18.2 Å². The van der Waals surface area contributed by atoms with E-state index in [1.54, 1.807) is 31.1 Å². The summed E-state index contributed by atoms with van der Waals surface area (Å²) in [6.45, 7) is 1.74. The van der Waals surface area contributed by atoms with E-state index < -0.39 is 0 Å². The van der Waals surface area contributed by atoms with Gasteiger partial charge in [-0.05, 0) is 38.4 Å². The topological polar surface area (TPSA) is 94.6 Å². The summed E-state index contributed by atoms with van der Waals surface area (Å²) in [6.07, 6.45) is 2.61. The first-order valence-corrected chi connectivity index (χ1v) is 12.2. The van der Waals surface area contributed by atoms with Crippen LogP contribution in [0.25, 0.3) is 0 Å². The molecule has 33 heavy (non-hydrogen) atoms. The number of fused-ring (bicyclic) bond motifs is 1. The molecular weight excluding hydrogens is 438 g/mol. The molecule has 9 heteroatoms. The molecule has 3 amide bonds. The Balaban J connectivity index is 1.50. The number of hydrogen-bond donors (Lipinski definition) is 2. The van der Waals surface area contributed by atoms with Crippen molar-refractivity contribution in [3.8, 4) is 0 Å². The van der Waals surface area contributed by atoms with Gasteiger partial charge in [-0.2, -0.15) is 0 Å². The Labute approximate surface area is 198 Å². The third-order valence-corrected chi connectivity index (χ3v) is 7.51. The average Bonchev–Trinajstić information content (AvgIpc) is 3.23. The van der Waals surface area contributed by atoms with E-state index in [-0.39, 0.29) is 35.7 Å². The standard InChI is InChI=1S/C24H31N5O3S/c1-28(2)24(32)16-9-10-17(25-21(30)15-7-5-4-6-8-15)19(13-16)26-22(31)23-27-18-11-12-29(3)14-20(18)33-23/h4-8,16-17,19H,9-14H2,1-3H3,(H,25,30)(H,26,31)/t16-,17-,19-/m0/s1. The maximum Gasteiger partial charge on any atom is 0.280 e. The monoisotopic (exact) mass is 469 g/mol. The Morgan fingerprint density at radius 1 is 1.06 bits per heavy atom. The number of hydrogen-bond acceptors (Lipinski definition) is 6. The predicted molar refractivity (Wildman–Crippen MR) is 127 cm³/mol. The highest BCUT2D eigenvalue weighted by atomic mass is 32.1. The number of nitrogens with zero attached hydrogens (tertiary/aromatic N) is 3. The number of aromatic nitrogens is 1. The fraction of sp³-hybridized carbons (Fsp3) is 0.500. The lowest BCUT2D eigenvalue weighted by atomic mass is 9.81. The average molecular weight is 470 g/mol. The van der Waals surface area contributed by atoms with Gasteiger partial charge in [-0.1, -0.05) is 18.2 Å². The van der Waals surface area contributed by atoms with Gasteiger partial charge in [0.1, 0.15) is 0 Å². The maximum atomic E-state index is 13.1. The molecule has 3 atom stereocenters. The summed E-state index contributed by atoms with van der Waals surface area (Å²) >= 11 is 1.43. The van der Waals surface area contributed by atoms with Gasteiger partial charge in [0, 0.05) is 56.0 Å². The molecule has 1 aromatic heterocycles. The molecule has 1 aromatic carbocycles. The van der Waals surface area contributed by atoms with E-state index >= 15 is 0 Å². The van der Waals surface area contributed by atoms with Crippen LogP contribution in [-0.4, -0.2) is 72.3 Å². The van der Waals surface area contributed by atoms with Gasteiger partial charge in [0.05, 0.1) is 11.7 Å². The minimum Gasteiger partial charge on any atom is -0.349 e. The molecule has 1 aliphatic carbocycles. The zero-order valence-corrected chi connectivity index (χ0v) is 20.2. The van der Waals surface area contributed by atoms with Crippen LogP contribution in [0, 0.1) is 5.92 Å². The quantitative estimate of drug-likeness (QED) is 0.698. The molecule has 8 nitrogen and oxygen atoms in total. The first kappa shape index (κ1) is 23.4. The highest BCUT2D eigenvalue weighted by Gasteiger charge is 2.37. The smallest absolute Gasteiger partial charge is 0.280 e. The summed E-state index contributed by atoms with van der Waals surface area (Å²) in [5, 5.41) is 6.63. The minimum absolute atomic E-state index is 0.0508. The van der Waals surface area contributed by atoms with Crippen molar-refractivity contribution in [1.29, 1.82) is 0 Å². The fourth-order valence-electron chi connectivity index (χ4n) is 4.58. The van der Waals surface area contributed by atoms with Crippen molar-refractivity contribution in [2.24, 2.45) is 5.92 Å². The highest BCUT2D eigenvalue weighted by molar-refractivity contribution is 7.13. The van der Waals surface area contributed by atoms with Crippen molar-refractivity contribution >= 4 is 29.1 Å². The largest absolute Gasteiger partial charge is 0.349 e. The first-order chi connectivity index (χ1) is 15.8. The third kappa shape index (κ3) is 5.42. The number of rotatable bonds is 5. The zero-order chi connectivity index (χ0) is 23.5. The number of nitrogens with one attached hydrogen (secondary N) is 2. The molecule has 176 valence electrons. The third-order valence-electron chi connectivity index (χ3n) is 6.43. The number of benzene rings is 1. The molecule has 0 radical (unpaired) electrons. The van der Waals surface area contributed by atoms with Crippen LogP contribution < -0.4 is 10.6 Å². The summed E-state index contributed by atoms with van der Waals surface area (Å²) in [6, 6.07) is 8.43. The van der Waals surface area contributed by atoms with Crippen LogP contribution in [0.1, 0.15) is 50.0 Å². The van der Waals surface area contributed by atoms with Gasteiger partial charge >= 0.3 is 0 Å². The van der Waals surface area contributed by atoms with Crippen LogP contribution in [0.5, 0.6) is 0 Å². The lowest BCUT2D eigenvalue weighted by Crippen LogP contribution is -2.55. The van der Waals surface area contributed by atoms with Crippen molar-refractivity contribution in [2.75, 3.05) is 27.7 Å². The van der Waals surface area contributed by atoms with Crippen molar-refractivity contribution in [3.63, 3.8) is 0 Å². The molecule has 2 aliphatic rings. The molecule has 0 spiro atoms. The number of amides is 3. The molecule has 4 rings (SSSR count). The van der Waals surface area contributed by atoms with Crippen LogP contribution >= 0.6 is 11.3 Å². The van der Waals surface area contributed by atoms with Gasteiger partial charge in [-0.15, -0.1) is 11.3 Å². The summed E-state index contributed by atoms with van der Waals surface area (Å²) in [5.41, 5.74) is 1.58. The van der Waals surface area contributed by atoms with E-state index in [0.29, 0.717) is 29.8 Å². The second kappa shape index (κ2) is 10.0. The number of carbonyl (C=O) groups excluding carboxylic acids is 3. The number of carbonyl (C=O) groups is 3. The van der Waals surface area contributed by atoms with Gasteiger partial charge < -0.3 is 20.4 Å². The Hall–Kier alpha value is -2.78. The second-order valence-electron chi connectivity index (χ2n) is 9.15. The van der Waals surface area contributed by atoms with E-state index in [1.165, 1.54) is 11.3 Å². The molecule has 0 bridgehead atoms. The molecule has 2 N–H and O–H groups in total. The van der Waals surface area contributed by atoms with Gasteiger partial charge in [-0.25, -0.2) is 4.98 Å². The van der Waals surface area contributed by atoms with E-state index in [4.69, 9.17) is 0 Å². The summed E-state index contributed by atoms with van der Waals surface area (Å²) in [5.74, 6) is -0.549. The summed E-state index contributed by atoms with van der Waals surface area (Å²) in [7, 11) is 5.55. The molecule has 1 aliphatic heterocycles. The molecule has 1 saturated carbocycles. The Morgan fingerprint density at radius 2 is 1.79 bits per heavy atom. The van der Waals surface area contributed by atoms with Crippen LogP contribution in [0.3, 0.4) is 0 Å². The Bertz CT molecular complexity index is 1020. The predicted octanol–water partition coefficient (Wildman–Crippen LogP) is 1.92. The van der Waals surface area contributed by atoms with Gasteiger partial charge in [0.25, 0.3) is 11.8 Å². The van der Waals surface area contributed by atoms with E-state index in [2.05, 4.69) is 27.6 Å². The van der Waals surface area contributed by atoms with E-state index in [0.717, 1.165) is 30.1 Å². The normalized spacial score (nSPS) is 22.8. The van der Waals surface area contributed by atoms with Crippen LogP contribution in [0.2, 0.25) is 0 Å². The molecule has 0 unspecified atom stereocenters. The van der Waals surface area contributed by atoms with Crippen molar-refractivity contribution in [3.05, 3.63) is 51.5 Å². The molecule has 2 heterocycles. The highest BCUT2D eigenvalue weighted by Crippen LogP contribution is 2.28. The first-order valence-electron chi connectivity index (χ1n) is 11.4. The maximum absolute atomic E-state index is 13.1. The molecule has 2 aromatic rings. The van der Waals surface area contributed by atoms with Gasteiger partial charge in [0.15, 0.2) is 5.01 Å². The molecular formula is C24H31N5O3S. The Kier molecular flexibility index (Phi) is 7.09. The zero-order valence-electron chi connectivity index (χ0n) is 19.3. The van der Waals surface area contributed by atoms with Crippen molar-refractivity contribution < 1.29 is 14.4 Å². The van der Waals surface area contributed by atoms with Crippen molar-refractivity contribution in [2.45, 2.75) is 44.3 Å². The molecule has 1 fully saturated rings. The summed E-state index contributed by atoms with van der Waals surface area (Å²) < 4.78 is 0. The lowest BCUT2D eigenvalue weighted by Gasteiger charge is -2.37. The Morgan fingerprint density at radius 3 is 2.52 bits per heavy atom. The number of likely N-dealkylation sites (N-methyl/N-ethyl adjacent to an activating group) is 1. The molecule has 0 saturated heterocycles. The van der Waals surface area contributed by atoms with Crippen LogP contribution in [0.4, 0.5) is 0 Å². The van der Waals surface area contributed by atoms with E-state index in [9.17, 15) is 14.4 Å². The second-order valence-corrected chi connectivity index (χ2v) is 10.2. The van der Waals surface area contributed by atoms with Crippen LogP contribution in [-0.2, 0) is 17.8 Å².